The average Bonchev–Trinajstić information content (AvgIpc) is 3.40. The third-order valence-electron chi connectivity index (χ3n) is 5.77. The summed E-state index contributed by atoms with van der Waals surface area (Å²) in [6, 6.07) is 14.6. The molecule has 1 aliphatic rings. The van der Waals surface area contributed by atoms with Crippen LogP contribution in [0.4, 0.5) is 0 Å². The number of hydrogen-bond donors (Lipinski definition) is 2. The molecule has 148 valence electrons. The number of hydrogen-bond acceptors (Lipinski definition) is 4. The number of imidazole rings is 1. The monoisotopic (exact) mass is 388 g/mol. The first-order valence-corrected chi connectivity index (χ1v) is 9.83. The highest BCUT2D eigenvalue weighted by molar-refractivity contribution is 5.85. The van der Waals surface area contributed by atoms with E-state index < -0.39 is 0 Å². The van der Waals surface area contributed by atoms with Gasteiger partial charge < -0.3 is 19.4 Å². The zero-order chi connectivity index (χ0) is 19.8. The quantitative estimate of drug-likeness (QED) is 0.541. The number of H-pyrrole nitrogens is 2. The lowest BCUT2D eigenvalue weighted by Crippen LogP contribution is -2.36. The second kappa shape index (κ2) is 7.29. The Balaban J connectivity index is 1.69. The van der Waals surface area contributed by atoms with Gasteiger partial charge in [-0.3, -0.25) is 4.90 Å². The molecule has 2 N–H and O–H groups in total. The van der Waals surface area contributed by atoms with Crippen LogP contribution in [0.3, 0.4) is 0 Å². The molecule has 0 spiro atoms. The van der Waals surface area contributed by atoms with E-state index in [1.54, 1.807) is 20.4 Å². The van der Waals surface area contributed by atoms with Crippen molar-refractivity contribution in [2.24, 2.45) is 0 Å². The number of aromatic amines is 2. The molecule has 2 aromatic carbocycles. The predicted octanol–water partition coefficient (Wildman–Crippen LogP) is 4.06. The van der Waals surface area contributed by atoms with Gasteiger partial charge in [-0.25, -0.2) is 4.98 Å². The molecule has 0 saturated carbocycles. The molecular formula is C23H24N4O2. The molecule has 0 aliphatic carbocycles. The summed E-state index contributed by atoms with van der Waals surface area (Å²) in [6.45, 7) is 1.66. The Morgan fingerprint density at radius 1 is 1.10 bits per heavy atom. The van der Waals surface area contributed by atoms with Gasteiger partial charge in [0.2, 0.25) is 0 Å². The van der Waals surface area contributed by atoms with E-state index in [-0.39, 0.29) is 6.04 Å². The first-order valence-electron chi connectivity index (χ1n) is 9.83. The van der Waals surface area contributed by atoms with E-state index in [2.05, 4.69) is 50.2 Å². The SMILES string of the molecule is COc1cccc(C2c3[nH]c4ccccc4c3CCN2Cc2ncc[nH]2)c1OC. The summed E-state index contributed by atoms with van der Waals surface area (Å²) in [6.07, 6.45) is 4.66. The summed E-state index contributed by atoms with van der Waals surface area (Å²) >= 11 is 0. The summed E-state index contributed by atoms with van der Waals surface area (Å²) in [5.41, 5.74) is 4.86. The highest BCUT2D eigenvalue weighted by atomic mass is 16.5. The first kappa shape index (κ1) is 17.8. The normalized spacial score (nSPS) is 16.7. The fraction of sp³-hybridized carbons (Fsp3) is 0.261. The van der Waals surface area contributed by atoms with Crippen LogP contribution in [0.15, 0.2) is 54.9 Å². The molecular weight excluding hydrogens is 364 g/mol. The molecule has 6 nitrogen and oxygen atoms in total. The Morgan fingerprint density at radius 3 is 2.79 bits per heavy atom. The van der Waals surface area contributed by atoms with Crippen molar-refractivity contribution in [1.82, 2.24) is 19.9 Å². The van der Waals surface area contributed by atoms with Crippen molar-refractivity contribution in [3.05, 3.63) is 77.5 Å². The Hall–Kier alpha value is -3.25. The van der Waals surface area contributed by atoms with Gasteiger partial charge in [0.05, 0.1) is 26.8 Å². The number of nitrogens with zero attached hydrogens (tertiary/aromatic N) is 2. The van der Waals surface area contributed by atoms with Gasteiger partial charge in [-0.05, 0) is 24.1 Å². The van der Waals surface area contributed by atoms with Gasteiger partial charge in [-0.2, -0.15) is 0 Å². The van der Waals surface area contributed by atoms with E-state index >= 15 is 0 Å². The maximum Gasteiger partial charge on any atom is 0.165 e. The van der Waals surface area contributed by atoms with Gasteiger partial charge in [0.1, 0.15) is 5.82 Å². The Kier molecular flexibility index (Phi) is 4.48. The standard InChI is InChI=1S/C23H24N4O2/c1-28-19-9-5-7-17(23(19)29-2)22-21-16(15-6-3-4-8-18(15)26-21)10-13-27(22)14-20-24-11-12-25-20/h3-9,11-12,22,26H,10,13-14H2,1-2H3,(H,24,25). The Bertz CT molecular complexity index is 1130. The second-order valence-corrected chi connectivity index (χ2v) is 7.30. The Labute approximate surface area is 169 Å². The number of para-hydroxylation sites is 2. The van der Waals surface area contributed by atoms with Crippen LogP contribution in [0, 0.1) is 0 Å². The summed E-state index contributed by atoms with van der Waals surface area (Å²) in [5, 5.41) is 1.30. The summed E-state index contributed by atoms with van der Waals surface area (Å²) < 4.78 is 11.4. The molecule has 1 aliphatic heterocycles. The fourth-order valence-corrected chi connectivity index (χ4v) is 4.52. The predicted molar refractivity (Wildman–Crippen MR) is 112 cm³/mol. The van der Waals surface area contributed by atoms with Crippen LogP contribution in [0.25, 0.3) is 10.9 Å². The molecule has 0 bridgehead atoms. The minimum absolute atomic E-state index is 0.0151. The van der Waals surface area contributed by atoms with Crippen molar-refractivity contribution >= 4 is 10.9 Å². The minimum Gasteiger partial charge on any atom is -0.493 e. The van der Waals surface area contributed by atoms with Crippen molar-refractivity contribution in [3.63, 3.8) is 0 Å². The number of nitrogens with one attached hydrogen (secondary N) is 2. The average molecular weight is 388 g/mol. The lowest BCUT2D eigenvalue weighted by atomic mass is 9.91. The lowest BCUT2D eigenvalue weighted by molar-refractivity contribution is 0.193. The van der Waals surface area contributed by atoms with E-state index in [9.17, 15) is 0 Å². The first-order chi connectivity index (χ1) is 14.3. The fourth-order valence-electron chi connectivity index (χ4n) is 4.52. The summed E-state index contributed by atoms with van der Waals surface area (Å²) in [7, 11) is 3.38. The highest BCUT2D eigenvalue weighted by Gasteiger charge is 2.34. The van der Waals surface area contributed by atoms with Crippen LogP contribution in [0.5, 0.6) is 11.5 Å². The van der Waals surface area contributed by atoms with Crippen LogP contribution in [-0.2, 0) is 13.0 Å². The number of rotatable bonds is 5. The molecule has 0 amide bonds. The topological polar surface area (TPSA) is 66.2 Å². The second-order valence-electron chi connectivity index (χ2n) is 7.30. The maximum absolute atomic E-state index is 5.80. The lowest BCUT2D eigenvalue weighted by Gasteiger charge is -2.36. The van der Waals surface area contributed by atoms with Gasteiger partial charge in [0.15, 0.2) is 11.5 Å². The third-order valence-corrected chi connectivity index (χ3v) is 5.77. The molecule has 3 heterocycles. The van der Waals surface area contributed by atoms with Crippen molar-refractivity contribution in [2.75, 3.05) is 20.8 Å². The third kappa shape index (κ3) is 2.96. The largest absolute Gasteiger partial charge is 0.493 e. The maximum atomic E-state index is 5.80. The zero-order valence-corrected chi connectivity index (χ0v) is 16.6. The molecule has 4 aromatic rings. The molecule has 2 aromatic heterocycles. The van der Waals surface area contributed by atoms with Gasteiger partial charge in [-0.15, -0.1) is 0 Å². The number of benzene rings is 2. The smallest absolute Gasteiger partial charge is 0.165 e. The molecule has 0 saturated heterocycles. The van der Waals surface area contributed by atoms with Crippen molar-refractivity contribution in [1.29, 1.82) is 0 Å². The number of aromatic nitrogens is 3. The van der Waals surface area contributed by atoms with Crippen molar-refractivity contribution in [2.45, 2.75) is 19.0 Å². The van der Waals surface area contributed by atoms with Crippen LogP contribution in [0.2, 0.25) is 0 Å². The van der Waals surface area contributed by atoms with Crippen molar-refractivity contribution in [3.8, 4) is 11.5 Å². The number of methoxy groups -OCH3 is 2. The summed E-state index contributed by atoms with van der Waals surface area (Å²) in [5.74, 6) is 2.47. The van der Waals surface area contributed by atoms with E-state index in [4.69, 9.17) is 9.47 Å². The van der Waals surface area contributed by atoms with Crippen LogP contribution >= 0.6 is 0 Å². The molecule has 29 heavy (non-hydrogen) atoms. The van der Waals surface area contributed by atoms with Crippen LogP contribution in [-0.4, -0.2) is 40.6 Å². The van der Waals surface area contributed by atoms with Crippen molar-refractivity contribution < 1.29 is 9.47 Å². The zero-order valence-electron chi connectivity index (χ0n) is 16.6. The number of fused-ring (bicyclic) bond motifs is 3. The molecule has 5 rings (SSSR count). The van der Waals surface area contributed by atoms with E-state index in [1.807, 2.05) is 18.3 Å². The summed E-state index contributed by atoms with van der Waals surface area (Å²) in [4.78, 5) is 13.8. The van der Waals surface area contributed by atoms with E-state index in [0.717, 1.165) is 42.4 Å². The van der Waals surface area contributed by atoms with Crippen LogP contribution < -0.4 is 9.47 Å². The molecule has 1 atom stereocenters. The minimum atomic E-state index is 0.0151. The molecule has 0 radical (unpaired) electrons. The van der Waals surface area contributed by atoms with E-state index in [0.29, 0.717) is 0 Å². The van der Waals surface area contributed by atoms with Gasteiger partial charge in [0, 0.05) is 41.1 Å². The van der Waals surface area contributed by atoms with Gasteiger partial charge in [-0.1, -0.05) is 30.3 Å². The molecule has 0 fully saturated rings. The van der Waals surface area contributed by atoms with E-state index in [1.165, 1.54) is 22.2 Å². The molecule has 1 unspecified atom stereocenters. The van der Waals surface area contributed by atoms with Gasteiger partial charge in [0.25, 0.3) is 0 Å². The van der Waals surface area contributed by atoms with Crippen LogP contribution in [0.1, 0.15) is 28.7 Å². The molecule has 6 heteroatoms. The highest BCUT2D eigenvalue weighted by Crippen LogP contribution is 2.44. The Morgan fingerprint density at radius 2 is 2.00 bits per heavy atom. The number of ether oxygens (including phenoxy) is 2. The van der Waals surface area contributed by atoms with Gasteiger partial charge >= 0.3 is 0 Å².